The molecule has 1 aliphatic rings. The molecule has 2 unspecified atom stereocenters. The fourth-order valence-corrected chi connectivity index (χ4v) is 2.85. The van der Waals surface area contributed by atoms with Gasteiger partial charge in [-0.2, -0.15) is 4.98 Å². The molecule has 112 valence electrons. The molecule has 7 heteroatoms. The maximum absolute atomic E-state index is 9.46. The number of H-pyrrole nitrogens is 1. The van der Waals surface area contributed by atoms with Gasteiger partial charge in [0, 0.05) is 30.7 Å². The zero-order valence-corrected chi connectivity index (χ0v) is 12.7. The highest BCUT2D eigenvalue weighted by atomic mass is 35.5. The molecule has 2 aromatic rings. The van der Waals surface area contributed by atoms with Gasteiger partial charge in [-0.25, -0.2) is 0 Å². The number of hydrogen-bond donors (Lipinski definition) is 3. The maximum Gasteiger partial charge on any atom is 0.245 e. The molecular weight excluding hydrogens is 290 g/mol. The normalized spacial score (nSPS) is 22.5. The number of piperazine rings is 1. The second-order valence-electron chi connectivity index (χ2n) is 5.52. The minimum Gasteiger partial charge on any atom is -0.506 e. The van der Waals surface area contributed by atoms with E-state index in [1.165, 1.54) is 0 Å². The van der Waals surface area contributed by atoms with Gasteiger partial charge in [-0.05, 0) is 32.0 Å². The maximum atomic E-state index is 9.46. The van der Waals surface area contributed by atoms with Crippen LogP contribution in [0, 0.1) is 0 Å². The highest BCUT2D eigenvalue weighted by Crippen LogP contribution is 2.28. The van der Waals surface area contributed by atoms with E-state index in [9.17, 15) is 5.11 Å². The van der Waals surface area contributed by atoms with E-state index in [1.54, 1.807) is 18.2 Å². The Labute approximate surface area is 128 Å². The number of phenolic OH excluding ortho intramolecular Hbond substituents is 1. The Morgan fingerprint density at radius 1 is 1.29 bits per heavy atom. The molecule has 0 radical (unpaired) electrons. The molecule has 0 saturated carbocycles. The third-order valence-corrected chi connectivity index (χ3v) is 3.84. The number of rotatable bonds is 2. The number of aromatic amines is 1. The third kappa shape index (κ3) is 2.96. The van der Waals surface area contributed by atoms with E-state index in [2.05, 4.69) is 39.2 Å². The molecule has 0 aliphatic carbocycles. The summed E-state index contributed by atoms with van der Waals surface area (Å²) in [5.74, 6) is 1.39. The number of nitrogens with one attached hydrogen (secondary N) is 2. The summed E-state index contributed by atoms with van der Waals surface area (Å²) in [6, 6.07) is 5.78. The van der Waals surface area contributed by atoms with Gasteiger partial charge < -0.3 is 15.3 Å². The minimum absolute atomic E-state index is 0.0601. The van der Waals surface area contributed by atoms with Crippen LogP contribution in [0.3, 0.4) is 0 Å². The quantitative estimate of drug-likeness (QED) is 0.791. The Hall–Kier alpha value is -1.79. The zero-order valence-electron chi connectivity index (χ0n) is 12.0. The van der Waals surface area contributed by atoms with Crippen LogP contribution < -0.4 is 10.2 Å². The lowest BCUT2D eigenvalue weighted by Gasteiger charge is -2.35. The SMILES string of the molecule is CC1CN(c2n[nH]c(-c3ccc(O)c(Cl)c3)n2)CC(C)N1. The van der Waals surface area contributed by atoms with Gasteiger partial charge in [-0.1, -0.05) is 11.6 Å². The van der Waals surface area contributed by atoms with E-state index >= 15 is 0 Å². The molecule has 1 aliphatic heterocycles. The number of aromatic nitrogens is 3. The van der Waals surface area contributed by atoms with Crippen LogP contribution in [0.5, 0.6) is 5.75 Å². The van der Waals surface area contributed by atoms with E-state index in [-0.39, 0.29) is 5.75 Å². The van der Waals surface area contributed by atoms with E-state index in [0.717, 1.165) is 18.7 Å². The lowest BCUT2D eigenvalue weighted by atomic mass is 10.1. The highest BCUT2D eigenvalue weighted by molar-refractivity contribution is 6.32. The van der Waals surface area contributed by atoms with Gasteiger partial charge in [0.15, 0.2) is 5.82 Å². The third-order valence-electron chi connectivity index (χ3n) is 3.54. The number of phenols is 1. The topological polar surface area (TPSA) is 77.1 Å². The predicted molar refractivity (Wildman–Crippen MR) is 82.8 cm³/mol. The summed E-state index contributed by atoms with van der Waals surface area (Å²) in [6.45, 7) is 6.04. The molecule has 2 heterocycles. The molecule has 0 amide bonds. The van der Waals surface area contributed by atoms with Crippen LogP contribution in [0.25, 0.3) is 11.4 Å². The Kier molecular flexibility index (Phi) is 3.73. The molecule has 0 bridgehead atoms. The van der Waals surface area contributed by atoms with Crippen molar-refractivity contribution < 1.29 is 5.11 Å². The average molecular weight is 308 g/mol. The molecule has 1 aromatic heterocycles. The Morgan fingerprint density at radius 3 is 2.67 bits per heavy atom. The van der Waals surface area contributed by atoms with Crippen LogP contribution >= 0.6 is 11.6 Å². The first-order valence-corrected chi connectivity index (χ1v) is 7.33. The first-order chi connectivity index (χ1) is 10.0. The first kappa shape index (κ1) is 14.2. The first-order valence-electron chi connectivity index (χ1n) is 6.95. The average Bonchev–Trinajstić information content (AvgIpc) is 2.90. The van der Waals surface area contributed by atoms with E-state index < -0.39 is 0 Å². The number of anilines is 1. The second-order valence-corrected chi connectivity index (χ2v) is 5.93. The van der Waals surface area contributed by atoms with Crippen LogP contribution in [0.2, 0.25) is 5.02 Å². The lowest BCUT2D eigenvalue weighted by molar-refractivity contribution is 0.403. The Bertz CT molecular complexity index is 634. The van der Waals surface area contributed by atoms with Gasteiger partial charge in [0.1, 0.15) is 5.75 Å². The summed E-state index contributed by atoms with van der Waals surface area (Å²) in [7, 11) is 0. The van der Waals surface area contributed by atoms with E-state index in [4.69, 9.17) is 11.6 Å². The molecule has 0 spiro atoms. The number of aromatic hydroxyl groups is 1. The van der Waals surface area contributed by atoms with Crippen molar-refractivity contribution in [3.63, 3.8) is 0 Å². The molecule has 1 fully saturated rings. The summed E-state index contributed by atoms with van der Waals surface area (Å²) in [4.78, 5) is 6.70. The van der Waals surface area contributed by atoms with Crippen LogP contribution in [-0.4, -0.2) is 45.5 Å². The van der Waals surface area contributed by atoms with Gasteiger partial charge in [0.25, 0.3) is 0 Å². The molecule has 2 atom stereocenters. The van der Waals surface area contributed by atoms with Crippen molar-refractivity contribution in [2.24, 2.45) is 0 Å². The van der Waals surface area contributed by atoms with Gasteiger partial charge in [-0.15, -0.1) is 5.10 Å². The van der Waals surface area contributed by atoms with Gasteiger partial charge >= 0.3 is 0 Å². The fourth-order valence-electron chi connectivity index (χ4n) is 2.67. The Balaban J connectivity index is 1.84. The standard InChI is InChI=1S/C14H18ClN5O/c1-8-6-20(7-9(2)16-8)14-17-13(18-19-14)10-3-4-12(21)11(15)5-10/h3-5,8-9,16,21H,6-7H2,1-2H3,(H,17,18,19). The van der Waals surface area contributed by atoms with Crippen molar-refractivity contribution >= 4 is 17.5 Å². The van der Waals surface area contributed by atoms with Crippen LogP contribution in [0.15, 0.2) is 18.2 Å². The van der Waals surface area contributed by atoms with Crippen molar-refractivity contribution in [1.29, 1.82) is 0 Å². The summed E-state index contributed by atoms with van der Waals surface area (Å²) in [5.41, 5.74) is 0.799. The fraction of sp³-hybridized carbons (Fsp3) is 0.429. The predicted octanol–water partition coefficient (Wildman–Crippen LogP) is 2.02. The van der Waals surface area contributed by atoms with Crippen LogP contribution in [0.1, 0.15) is 13.8 Å². The van der Waals surface area contributed by atoms with Crippen molar-refractivity contribution in [3.05, 3.63) is 23.2 Å². The number of hydrogen-bond acceptors (Lipinski definition) is 5. The van der Waals surface area contributed by atoms with Crippen molar-refractivity contribution in [3.8, 4) is 17.1 Å². The smallest absolute Gasteiger partial charge is 0.245 e. The Morgan fingerprint density at radius 2 is 2.00 bits per heavy atom. The van der Waals surface area contributed by atoms with E-state index in [1.807, 2.05) is 0 Å². The molecule has 3 N–H and O–H groups in total. The van der Waals surface area contributed by atoms with Gasteiger partial charge in [0.2, 0.25) is 5.95 Å². The highest BCUT2D eigenvalue weighted by Gasteiger charge is 2.23. The lowest BCUT2D eigenvalue weighted by Crippen LogP contribution is -2.54. The van der Waals surface area contributed by atoms with E-state index in [0.29, 0.717) is 28.9 Å². The zero-order chi connectivity index (χ0) is 15.0. The largest absolute Gasteiger partial charge is 0.506 e. The second kappa shape index (κ2) is 5.54. The molecule has 21 heavy (non-hydrogen) atoms. The molecule has 1 aromatic carbocycles. The summed E-state index contributed by atoms with van der Waals surface area (Å²) in [6.07, 6.45) is 0. The summed E-state index contributed by atoms with van der Waals surface area (Å²) < 4.78 is 0. The molecule has 3 rings (SSSR count). The van der Waals surface area contributed by atoms with Crippen LogP contribution in [-0.2, 0) is 0 Å². The number of nitrogens with zero attached hydrogens (tertiary/aromatic N) is 3. The number of benzene rings is 1. The molecular formula is C14H18ClN5O. The van der Waals surface area contributed by atoms with Crippen molar-refractivity contribution in [2.75, 3.05) is 18.0 Å². The summed E-state index contributed by atoms with van der Waals surface area (Å²) >= 11 is 5.93. The number of halogens is 1. The molecule has 6 nitrogen and oxygen atoms in total. The van der Waals surface area contributed by atoms with Crippen molar-refractivity contribution in [2.45, 2.75) is 25.9 Å². The monoisotopic (exact) mass is 307 g/mol. The minimum atomic E-state index is 0.0601. The van der Waals surface area contributed by atoms with Gasteiger partial charge in [-0.3, -0.25) is 5.10 Å². The van der Waals surface area contributed by atoms with Crippen LogP contribution in [0.4, 0.5) is 5.95 Å². The van der Waals surface area contributed by atoms with Crippen molar-refractivity contribution in [1.82, 2.24) is 20.5 Å². The van der Waals surface area contributed by atoms with Gasteiger partial charge in [0.05, 0.1) is 5.02 Å². The molecule has 1 saturated heterocycles. The summed E-state index contributed by atoms with van der Waals surface area (Å²) in [5, 5.41) is 20.5.